The van der Waals surface area contributed by atoms with E-state index < -0.39 is 35.2 Å². The molecule has 1 saturated heterocycles. The van der Waals surface area contributed by atoms with E-state index in [1.165, 1.54) is 24.1 Å². The highest BCUT2D eigenvalue weighted by Crippen LogP contribution is 2.36. The number of carboxylic acid groups (broad SMARTS) is 1. The summed E-state index contributed by atoms with van der Waals surface area (Å²) in [6.07, 6.45) is 1.50. The summed E-state index contributed by atoms with van der Waals surface area (Å²) < 4.78 is 32.9. The molecule has 3 N–H and O–H groups in total. The highest BCUT2D eigenvalue weighted by molar-refractivity contribution is 8.26. The van der Waals surface area contributed by atoms with Crippen LogP contribution in [0.15, 0.2) is 59.5 Å². The van der Waals surface area contributed by atoms with Crippen molar-refractivity contribution in [1.82, 2.24) is 4.90 Å². The molecule has 0 bridgehead atoms. The highest BCUT2D eigenvalue weighted by atomic mass is 32.2. The molecule has 0 unspecified atom stereocenters. The SMILES string of the molecule is COc1ccc(C=C2SC(=S)N(CCC(=O)Nc3ccc(C(=O)O)c(O)c3)C2=O)cc1-c1ccc(F)c(F)c1. The van der Waals surface area contributed by atoms with Gasteiger partial charge >= 0.3 is 5.97 Å². The molecule has 39 heavy (non-hydrogen) atoms. The van der Waals surface area contributed by atoms with Gasteiger partial charge in [0.1, 0.15) is 21.4 Å². The van der Waals surface area contributed by atoms with Crippen LogP contribution in [0, 0.1) is 11.6 Å². The largest absolute Gasteiger partial charge is 0.507 e. The number of benzene rings is 3. The molecule has 0 atom stereocenters. The third kappa shape index (κ3) is 6.24. The highest BCUT2D eigenvalue weighted by Gasteiger charge is 2.32. The van der Waals surface area contributed by atoms with Crippen molar-refractivity contribution in [3.8, 4) is 22.6 Å². The Morgan fingerprint density at radius 2 is 1.87 bits per heavy atom. The number of rotatable bonds is 8. The minimum Gasteiger partial charge on any atom is -0.507 e. The van der Waals surface area contributed by atoms with Crippen LogP contribution in [0.3, 0.4) is 0 Å². The molecule has 0 aliphatic carbocycles. The molecular weight excluding hydrogens is 550 g/mol. The molecule has 1 aliphatic rings. The number of carbonyl (C=O) groups excluding carboxylic acids is 2. The Balaban J connectivity index is 1.46. The number of halogens is 2. The van der Waals surface area contributed by atoms with Gasteiger partial charge in [-0.15, -0.1) is 0 Å². The van der Waals surface area contributed by atoms with Gasteiger partial charge in [-0.05, 0) is 53.6 Å². The smallest absolute Gasteiger partial charge is 0.339 e. The minimum atomic E-state index is -1.30. The number of ether oxygens (including phenoxy) is 1. The summed E-state index contributed by atoms with van der Waals surface area (Å²) in [6.45, 7) is -0.00422. The molecule has 8 nitrogen and oxygen atoms in total. The second-order valence-corrected chi connectivity index (χ2v) is 9.93. The van der Waals surface area contributed by atoms with Crippen molar-refractivity contribution in [2.24, 2.45) is 0 Å². The van der Waals surface area contributed by atoms with Crippen molar-refractivity contribution in [3.63, 3.8) is 0 Å². The summed E-state index contributed by atoms with van der Waals surface area (Å²) in [7, 11) is 1.45. The van der Waals surface area contributed by atoms with Gasteiger partial charge in [0, 0.05) is 30.3 Å². The third-order valence-corrected chi connectivity index (χ3v) is 7.08. The fourth-order valence-corrected chi connectivity index (χ4v) is 5.08. The molecule has 3 aromatic rings. The van der Waals surface area contributed by atoms with Gasteiger partial charge in [-0.25, -0.2) is 13.6 Å². The van der Waals surface area contributed by atoms with Crippen LogP contribution < -0.4 is 10.1 Å². The molecule has 0 saturated carbocycles. The van der Waals surface area contributed by atoms with E-state index in [2.05, 4.69) is 5.32 Å². The first kappa shape index (κ1) is 27.7. The van der Waals surface area contributed by atoms with Crippen molar-refractivity contribution in [2.45, 2.75) is 6.42 Å². The molecule has 12 heteroatoms. The zero-order valence-electron chi connectivity index (χ0n) is 20.2. The molecule has 2 amide bonds. The van der Waals surface area contributed by atoms with E-state index in [-0.39, 0.29) is 28.5 Å². The molecule has 1 aliphatic heterocycles. The van der Waals surface area contributed by atoms with Crippen molar-refractivity contribution < 1.29 is 38.1 Å². The molecule has 4 rings (SSSR count). The molecule has 3 aromatic carbocycles. The fourth-order valence-electron chi connectivity index (χ4n) is 3.78. The third-order valence-electron chi connectivity index (χ3n) is 5.70. The van der Waals surface area contributed by atoms with Gasteiger partial charge in [-0.2, -0.15) is 0 Å². The van der Waals surface area contributed by atoms with E-state index in [1.807, 2.05) is 0 Å². The normalized spacial score (nSPS) is 14.1. The second-order valence-electron chi connectivity index (χ2n) is 8.26. The minimum absolute atomic E-state index is 0.00422. The summed E-state index contributed by atoms with van der Waals surface area (Å²) in [5.41, 5.74) is 1.39. The quantitative estimate of drug-likeness (QED) is 0.248. The average molecular weight is 571 g/mol. The van der Waals surface area contributed by atoms with Crippen LogP contribution in [-0.2, 0) is 9.59 Å². The van der Waals surface area contributed by atoms with Gasteiger partial charge in [0.25, 0.3) is 5.91 Å². The number of nitrogens with zero attached hydrogens (tertiary/aromatic N) is 1. The number of methoxy groups -OCH3 is 1. The van der Waals surface area contributed by atoms with Crippen LogP contribution in [0.5, 0.6) is 11.5 Å². The van der Waals surface area contributed by atoms with E-state index in [1.54, 1.807) is 24.3 Å². The van der Waals surface area contributed by atoms with Crippen molar-refractivity contribution in [2.75, 3.05) is 19.0 Å². The number of hydrogen-bond acceptors (Lipinski definition) is 7. The standard InChI is InChI=1S/C27H20F2N2O6S2/c1-37-22-7-2-14(10-18(22)15-3-6-19(28)20(29)12-15)11-23-25(34)31(27(38)39-23)9-8-24(33)30-16-4-5-17(26(35)36)21(32)13-16/h2-7,10-13,32H,8-9H2,1H3,(H,30,33)(H,35,36). The lowest BCUT2D eigenvalue weighted by atomic mass is 10.0. The number of aromatic hydroxyl groups is 1. The number of phenols is 1. The number of carbonyl (C=O) groups is 3. The summed E-state index contributed by atoms with van der Waals surface area (Å²) >= 11 is 6.39. The zero-order valence-corrected chi connectivity index (χ0v) is 21.9. The summed E-state index contributed by atoms with van der Waals surface area (Å²) in [5, 5.41) is 21.3. The van der Waals surface area contributed by atoms with E-state index in [9.17, 15) is 28.3 Å². The van der Waals surface area contributed by atoms with Crippen molar-refractivity contribution in [3.05, 3.63) is 82.3 Å². The first-order chi connectivity index (χ1) is 18.6. The maximum Gasteiger partial charge on any atom is 0.339 e. The Kier molecular flexibility index (Phi) is 8.27. The summed E-state index contributed by atoms with van der Waals surface area (Å²) in [6, 6.07) is 12.1. The molecular formula is C27H20F2N2O6S2. The predicted octanol–water partition coefficient (Wildman–Crippen LogP) is 5.27. The molecule has 0 radical (unpaired) electrons. The van der Waals surface area contributed by atoms with Crippen LogP contribution in [0.4, 0.5) is 14.5 Å². The maximum atomic E-state index is 13.8. The number of thiocarbonyl (C=S) groups is 1. The first-order valence-electron chi connectivity index (χ1n) is 11.3. The molecule has 1 heterocycles. The summed E-state index contributed by atoms with van der Waals surface area (Å²) in [5.74, 6) is -4.20. The van der Waals surface area contributed by atoms with E-state index in [4.69, 9.17) is 22.1 Å². The maximum absolute atomic E-state index is 13.8. The fraction of sp³-hybridized carbons (Fsp3) is 0.111. The number of amides is 2. The van der Waals surface area contributed by atoms with Crippen molar-refractivity contribution in [1.29, 1.82) is 0 Å². The number of anilines is 1. The summed E-state index contributed by atoms with van der Waals surface area (Å²) in [4.78, 5) is 38.0. The molecule has 1 fully saturated rings. The Labute approximate surface area is 230 Å². The number of hydrogen-bond donors (Lipinski definition) is 3. The van der Waals surface area contributed by atoms with Gasteiger partial charge in [-0.3, -0.25) is 14.5 Å². The van der Waals surface area contributed by atoms with Crippen LogP contribution in [0.2, 0.25) is 0 Å². The Bertz CT molecular complexity index is 1540. The lowest BCUT2D eigenvalue weighted by Crippen LogP contribution is -2.31. The number of nitrogens with one attached hydrogen (secondary N) is 1. The molecule has 0 aromatic heterocycles. The van der Waals surface area contributed by atoms with Gasteiger partial charge < -0.3 is 20.3 Å². The monoisotopic (exact) mass is 570 g/mol. The molecule has 0 spiro atoms. The van der Waals surface area contributed by atoms with E-state index in [0.717, 1.165) is 36.0 Å². The Morgan fingerprint density at radius 3 is 2.54 bits per heavy atom. The second kappa shape index (κ2) is 11.6. The Hall–Kier alpha value is -4.29. The van der Waals surface area contributed by atoms with Crippen molar-refractivity contribution >= 4 is 57.8 Å². The number of thioether (sulfide) groups is 1. The van der Waals surface area contributed by atoms with Gasteiger partial charge in [0.2, 0.25) is 5.91 Å². The van der Waals surface area contributed by atoms with Gasteiger partial charge in [-0.1, -0.05) is 36.1 Å². The lowest BCUT2D eigenvalue weighted by molar-refractivity contribution is -0.122. The van der Waals surface area contributed by atoms with Gasteiger partial charge in [0.15, 0.2) is 11.6 Å². The number of aromatic carboxylic acids is 1. The average Bonchev–Trinajstić information content (AvgIpc) is 3.15. The van der Waals surface area contributed by atoms with Crippen LogP contribution >= 0.6 is 24.0 Å². The first-order valence-corrected chi connectivity index (χ1v) is 12.5. The van der Waals surface area contributed by atoms with Crippen LogP contribution in [0.25, 0.3) is 17.2 Å². The van der Waals surface area contributed by atoms with Crippen LogP contribution in [-0.4, -0.2) is 50.9 Å². The molecule has 200 valence electrons. The van der Waals surface area contributed by atoms with E-state index in [0.29, 0.717) is 27.3 Å². The van der Waals surface area contributed by atoms with Gasteiger partial charge in [0.05, 0.1) is 12.0 Å². The van der Waals surface area contributed by atoms with Crippen LogP contribution in [0.1, 0.15) is 22.3 Å². The topological polar surface area (TPSA) is 116 Å². The van der Waals surface area contributed by atoms with E-state index >= 15 is 0 Å². The lowest BCUT2D eigenvalue weighted by Gasteiger charge is -2.14. The zero-order chi connectivity index (χ0) is 28.3. The predicted molar refractivity (Wildman–Crippen MR) is 147 cm³/mol. The Morgan fingerprint density at radius 1 is 1.10 bits per heavy atom. The number of carboxylic acids is 1.